The number of hydrogen-bond donors (Lipinski definition) is 1. The molecule has 0 atom stereocenters. The van der Waals surface area contributed by atoms with Gasteiger partial charge in [0.25, 0.3) is 0 Å². The average molecular weight is 237 g/mol. The second kappa shape index (κ2) is 5.93. The topological polar surface area (TPSA) is 58.5 Å². The van der Waals surface area contributed by atoms with E-state index in [0.29, 0.717) is 13.2 Å². The van der Waals surface area contributed by atoms with Crippen molar-refractivity contribution in [1.29, 1.82) is 0 Å². The predicted molar refractivity (Wildman–Crippen MR) is 65.2 cm³/mol. The van der Waals surface area contributed by atoms with Crippen molar-refractivity contribution in [3.8, 4) is 0 Å². The number of aromatic nitrogens is 2. The Morgan fingerprint density at radius 3 is 3.00 bits per heavy atom. The Kier molecular flexibility index (Phi) is 4.28. The molecule has 94 valence electrons. The molecular formula is C12H19N3O2. The second-order valence-corrected chi connectivity index (χ2v) is 4.18. The highest BCUT2D eigenvalue weighted by Crippen LogP contribution is 2.27. The molecule has 0 amide bonds. The zero-order valence-electron chi connectivity index (χ0n) is 10.2. The molecule has 1 N–H and O–H groups in total. The lowest BCUT2D eigenvalue weighted by molar-refractivity contribution is 0.202. The van der Waals surface area contributed by atoms with Crippen LogP contribution in [-0.4, -0.2) is 48.5 Å². The lowest BCUT2D eigenvalue weighted by Crippen LogP contribution is -2.32. The number of methoxy groups -OCH3 is 1. The highest BCUT2D eigenvalue weighted by Gasteiger charge is 2.20. The van der Waals surface area contributed by atoms with Crippen LogP contribution in [0.15, 0.2) is 6.33 Å². The highest BCUT2D eigenvalue weighted by molar-refractivity contribution is 5.50. The molecule has 1 heterocycles. The number of aliphatic hydroxyl groups is 1. The summed E-state index contributed by atoms with van der Waals surface area (Å²) in [5.41, 5.74) is 2.41. The van der Waals surface area contributed by atoms with Crippen LogP contribution in [0.3, 0.4) is 0 Å². The smallest absolute Gasteiger partial charge is 0.135 e. The monoisotopic (exact) mass is 237 g/mol. The van der Waals surface area contributed by atoms with Gasteiger partial charge in [-0.25, -0.2) is 9.97 Å². The number of fused-ring (bicyclic) bond motifs is 1. The molecule has 1 aliphatic rings. The SMILES string of the molecule is COCCN(CCO)c1ncnc2c1CCC2. The van der Waals surface area contributed by atoms with Crippen molar-refractivity contribution >= 4 is 5.82 Å². The van der Waals surface area contributed by atoms with E-state index < -0.39 is 0 Å². The summed E-state index contributed by atoms with van der Waals surface area (Å²) in [7, 11) is 1.68. The molecule has 0 fully saturated rings. The van der Waals surface area contributed by atoms with Crippen LogP contribution < -0.4 is 4.90 Å². The van der Waals surface area contributed by atoms with Crippen molar-refractivity contribution in [2.24, 2.45) is 0 Å². The van der Waals surface area contributed by atoms with Gasteiger partial charge in [-0.3, -0.25) is 0 Å². The minimum Gasteiger partial charge on any atom is -0.395 e. The Bertz CT molecular complexity index is 371. The normalized spacial score (nSPS) is 13.8. The molecule has 5 nitrogen and oxygen atoms in total. The minimum absolute atomic E-state index is 0.127. The first kappa shape index (κ1) is 12.3. The highest BCUT2D eigenvalue weighted by atomic mass is 16.5. The summed E-state index contributed by atoms with van der Waals surface area (Å²) in [6.45, 7) is 2.11. The number of aliphatic hydroxyl groups excluding tert-OH is 1. The summed E-state index contributed by atoms with van der Waals surface area (Å²) in [6.07, 6.45) is 4.86. The summed E-state index contributed by atoms with van der Waals surface area (Å²) in [4.78, 5) is 10.8. The first-order valence-electron chi connectivity index (χ1n) is 6.04. The average Bonchev–Trinajstić information content (AvgIpc) is 2.82. The Hall–Kier alpha value is -1.20. The Morgan fingerprint density at radius 2 is 2.24 bits per heavy atom. The fourth-order valence-electron chi connectivity index (χ4n) is 2.26. The van der Waals surface area contributed by atoms with Crippen LogP contribution in [-0.2, 0) is 17.6 Å². The van der Waals surface area contributed by atoms with Gasteiger partial charge >= 0.3 is 0 Å². The lowest BCUT2D eigenvalue weighted by atomic mass is 10.2. The number of aryl methyl sites for hydroxylation is 1. The summed E-state index contributed by atoms with van der Waals surface area (Å²) in [6, 6.07) is 0. The van der Waals surface area contributed by atoms with Crippen LogP contribution in [0.5, 0.6) is 0 Å². The van der Waals surface area contributed by atoms with Crippen LogP contribution >= 0.6 is 0 Å². The van der Waals surface area contributed by atoms with Gasteiger partial charge in [0.1, 0.15) is 12.1 Å². The molecule has 0 spiro atoms. The van der Waals surface area contributed by atoms with Crippen molar-refractivity contribution in [2.45, 2.75) is 19.3 Å². The molecule has 5 heteroatoms. The van der Waals surface area contributed by atoms with Crippen LogP contribution in [0, 0.1) is 0 Å². The standard InChI is InChI=1S/C12H19N3O2/c1-17-8-6-15(5-7-16)12-10-3-2-4-11(10)13-9-14-12/h9,16H,2-8H2,1H3. The van der Waals surface area contributed by atoms with E-state index in [1.807, 2.05) is 0 Å². The van der Waals surface area contributed by atoms with Gasteiger partial charge in [-0.1, -0.05) is 0 Å². The maximum absolute atomic E-state index is 9.12. The Labute approximate surface area is 101 Å². The molecular weight excluding hydrogens is 218 g/mol. The van der Waals surface area contributed by atoms with Crippen molar-refractivity contribution in [1.82, 2.24) is 9.97 Å². The molecule has 1 aromatic heterocycles. The van der Waals surface area contributed by atoms with Gasteiger partial charge in [-0.15, -0.1) is 0 Å². The number of anilines is 1. The van der Waals surface area contributed by atoms with E-state index in [9.17, 15) is 0 Å². The molecule has 1 aromatic rings. The van der Waals surface area contributed by atoms with Gasteiger partial charge in [-0.05, 0) is 19.3 Å². The molecule has 0 saturated carbocycles. The van der Waals surface area contributed by atoms with Crippen molar-refractivity contribution in [3.63, 3.8) is 0 Å². The van der Waals surface area contributed by atoms with Gasteiger partial charge in [0.15, 0.2) is 0 Å². The van der Waals surface area contributed by atoms with E-state index in [4.69, 9.17) is 9.84 Å². The molecule has 0 bridgehead atoms. The summed E-state index contributed by atoms with van der Waals surface area (Å²) in [5.74, 6) is 0.971. The van der Waals surface area contributed by atoms with Crippen LogP contribution in [0.1, 0.15) is 17.7 Å². The third-order valence-electron chi connectivity index (χ3n) is 3.09. The second-order valence-electron chi connectivity index (χ2n) is 4.18. The number of rotatable bonds is 6. The molecule has 0 aliphatic heterocycles. The Balaban J connectivity index is 2.20. The van der Waals surface area contributed by atoms with E-state index >= 15 is 0 Å². The molecule has 0 unspecified atom stereocenters. The van der Waals surface area contributed by atoms with E-state index in [-0.39, 0.29) is 6.61 Å². The predicted octanol–water partition coefficient (Wildman–Crippen LogP) is 0.410. The zero-order chi connectivity index (χ0) is 12.1. The van der Waals surface area contributed by atoms with Gasteiger partial charge in [-0.2, -0.15) is 0 Å². The van der Waals surface area contributed by atoms with Gasteiger partial charge < -0.3 is 14.7 Å². The molecule has 0 saturated heterocycles. The molecule has 2 rings (SSSR count). The lowest BCUT2D eigenvalue weighted by Gasteiger charge is -2.24. The van der Waals surface area contributed by atoms with Gasteiger partial charge in [0.2, 0.25) is 0 Å². The first-order chi connectivity index (χ1) is 8.36. The third-order valence-corrected chi connectivity index (χ3v) is 3.09. The molecule has 0 radical (unpaired) electrons. The van der Waals surface area contributed by atoms with E-state index in [0.717, 1.165) is 37.3 Å². The van der Waals surface area contributed by atoms with Gasteiger partial charge in [0, 0.05) is 31.5 Å². The summed E-state index contributed by atoms with van der Waals surface area (Å²) < 4.78 is 5.09. The van der Waals surface area contributed by atoms with E-state index in [2.05, 4.69) is 14.9 Å². The maximum Gasteiger partial charge on any atom is 0.135 e. The van der Waals surface area contributed by atoms with Crippen LogP contribution in [0.25, 0.3) is 0 Å². The maximum atomic E-state index is 9.12. The van der Waals surface area contributed by atoms with Crippen molar-refractivity contribution in [2.75, 3.05) is 38.3 Å². The number of hydrogen-bond acceptors (Lipinski definition) is 5. The van der Waals surface area contributed by atoms with E-state index in [1.165, 1.54) is 5.56 Å². The molecule has 0 aromatic carbocycles. The number of ether oxygens (including phenoxy) is 1. The summed E-state index contributed by atoms with van der Waals surface area (Å²) >= 11 is 0. The quantitative estimate of drug-likeness (QED) is 0.776. The van der Waals surface area contributed by atoms with Crippen molar-refractivity contribution in [3.05, 3.63) is 17.6 Å². The first-order valence-corrected chi connectivity index (χ1v) is 6.04. The van der Waals surface area contributed by atoms with Crippen LogP contribution in [0.2, 0.25) is 0 Å². The fourth-order valence-corrected chi connectivity index (χ4v) is 2.26. The van der Waals surface area contributed by atoms with Crippen LogP contribution in [0.4, 0.5) is 5.82 Å². The zero-order valence-corrected chi connectivity index (χ0v) is 10.2. The minimum atomic E-state index is 0.127. The summed E-state index contributed by atoms with van der Waals surface area (Å²) in [5, 5.41) is 9.12. The van der Waals surface area contributed by atoms with Crippen molar-refractivity contribution < 1.29 is 9.84 Å². The molecule has 1 aliphatic carbocycles. The Morgan fingerprint density at radius 1 is 1.35 bits per heavy atom. The number of nitrogens with zero attached hydrogens (tertiary/aromatic N) is 3. The fraction of sp³-hybridized carbons (Fsp3) is 0.667. The molecule has 17 heavy (non-hydrogen) atoms. The third kappa shape index (κ3) is 2.73. The largest absolute Gasteiger partial charge is 0.395 e. The van der Waals surface area contributed by atoms with Gasteiger partial charge in [0.05, 0.1) is 13.2 Å². The van der Waals surface area contributed by atoms with E-state index in [1.54, 1.807) is 13.4 Å².